The van der Waals surface area contributed by atoms with Gasteiger partial charge in [0, 0.05) is 37.1 Å². The van der Waals surface area contributed by atoms with E-state index in [-0.39, 0.29) is 11.8 Å². The molecule has 2 aromatic carbocycles. The van der Waals surface area contributed by atoms with Gasteiger partial charge in [-0.2, -0.15) is 0 Å². The van der Waals surface area contributed by atoms with Gasteiger partial charge in [0.15, 0.2) is 11.5 Å². The number of pyridine rings is 1. The van der Waals surface area contributed by atoms with Crippen LogP contribution in [0.4, 0.5) is 0 Å². The van der Waals surface area contributed by atoms with E-state index in [0.29, 0.717) is 48.8 Å². The Morgan fingerprint density at radius 3 is 2.12 bits per heavy atom. The Labute approximate surface area is 187 Å². The maximum atomic E-state index is 13.2. The highest BCUT2D eigenvalue weighted by molar-refractivity contribution is 5.99. The molecule has 166 valence electrons. The average molecular weight is 434 g/mol. The van der Waals surface area contributed by atoms with Crippen LogP contribution in [0.5, 0.6) is 11.5 Å². The van der Waals surface area contributed by atoms with Gasteiger partial charge in [-0.25, -0.2) is 0 Å². The molecule has 0 radical (unpaired) electrons. The Balaban J connectivity index is 1.47. The lowest BCUT2D eigenvalue weighted by Crippen LogP contribution is -2.50. The monoisotopic (exact) mass is 433 g/mol. The number of ether oxygens (including phenoxy) is 2. The molecule has 2 amide bonds. The first-order valence-corrected chi connectivity index (χ1v) is 10.6. The van der Waals surface area contributed by atoms with Crippen molar-refractivity contribution in [3.8, 4) is 11.5 Å². The lowest BCUT2D eigenvalue weighted by Gasteiger charge is -2.35. The van der Waals surface area contributed by atoms with E-state index in [1.54, 1.807) is 42.2 Å². The summed E-state index contributed by atoms with van der Waals surface area (Å²) in [6, 6.07) is 13.1. The number of rotatable bonds is 4. The second kappa shape index (κ2) is 8.86. The van der Waals surface area contributed by atoms with Gasteiger partial charge in [-0.3, -0.25) is 14.6 Å². The van der Waals surface area contributed by atoms with E-state index in [9.17, 15) is 9.59 Å². The average Bonchev–Trinajstić information content (AvgIpc) is 2.82. The van der Waals surface area contributed by atoms with Crippen molar-refractivity contribution in [2.24, 2.45) is 0 Å². The van der Waals surface area contributed by atoms with Gasteiger partial charge in [0.1, 0.15) is 0 Å². The fourth-order valence-corrected chi connectivity index (χ4v) is 4.04. The van der Waals surface area contributed by atoms with Crippen molar-refractivity contribution in [2.45, 2.75) is 13.8 Å². The SMILES string of the molecule is COc1ccc(C(=O)N2CCN(C(=O)c3cc4cc(C)ccc4nc3C)CC2)cc1OC. The molecule has 7 heteroatoms. The van der Waals surface area contributed by atoms with Crippen molar-refractivity contribution in [1.82, 2.24) is 14.8 Å². The zero-order valence-corrected chi connectivity index (χ0v) is 18.8. The molecule has 1 aliphatic rings. The summed E-state index contributed by atoms with van der Waals surface area (Å²) >= 11 is 0. The van der Waals surface area contributed by atoms with E-state index >= 15 is 0 Å². The Bertz CT molecular complexity index is 1180. The van der Waals surface area contributed by atoms with Crippen LogP contribution in [0, 0.1) is 13.8 Å². The summed E-state index contributed by atoms with van der Waals surface area (Å²) in [4.78, 5) is 34.3. The summed E-state index contributed by atoms with van der Waals surface area (Å²) in [6.45, 7) is 5.78. The summed E-state index contributed by atoms with van der Waals surface area (Å²) in [5, 5.41) is 0.959. The van der Waals surface area contributed by atoms with Gasteiger partial charge in [-0.15, -0.1) is 0 Å². The molecule has 1 saturated heterocycles. The van der Waals surface area contributed by atoms with Crippen molar-refractivity contribution in [3.63, 3.8) is 0 Å². The van der Waals surface area contributed by atoms with Crippen molar-refractivity contribution < 1.29 is 19.1 Å². The summed E-state index contributed by atoms with van der Waals surface area (Å²) in [5.41, 5.74) is 3.88. The standard InChI is InChI=1S/C25H27N3O4/c1-16-5-7-21-19(13-16)14-20(17(2)26-21)25(30)28-11-9-27(10-12-28)24(29)18-6-8-22(31-3)23(15-18)32-4/h5-8,13-15H,9-12H2,1-4H3. The third-order valence-corrected chi connectivity index (χ3v) is 5.88. The lowest BCUT2D eigenvalue weighted by atomic mass is 10.1. The number of carbonyl (C=O) groups is 2. The minimum Gasteiger partial charge on any atom is -0.493 e. The molecule has 0 saturated carbocycles. The predicted octanol–water partition coefficient (Wildman–Crippen LogP) is 3.47. The van der Waals surface area contributed by atoms with Crippen LogP contribution in [-0.2, 0) is 0 Å². The van der Waals surface area contributed by atoms with Crippen molar-refractivity contribution in [1.29, 1.82) is 0 Å². The van der Waals surface area contributed by atoms with E-state index in [1.165, 1.54) is 0 Å². The number of piperazine rings is 1. The van der Waals surface area contributed by atoms with Crippen molar-refractivity contribution >= 4 is 22.7 Å². The molecule has 0 spiro atoms. The number of aryl methyl sites for hydroxylation is 2. The third kappa shape index (κ3) is 4.10. The van der Waals surface area contributed by atoms with Gasteiger partial charge < -0.3 is 19.3 Å². The molecule has 0 aliphatic carbocycles. The van der Waals surface area contributed by atoms with Gasteiger partial charge in [0.05, 0.1) is 31.0 Å². The Kier molecular flexibility index (Phi) is 5.99. The Morgan fingerprint density at radius 2 is 1.47 bits per heavy atom. The first-order chi connectivity index (χ1) is 15.4. The zero-order valence-electron chi connectivity index (χ0n) is 18.8. The Hall–Kier alpha value is -3.61. The number of benzene rings is 2. The third-order valence-electron chi connectivity index (χ3n) is 5.88. The number of methoxy groups -OCH3 is 2. The summed E-state index contributed by atoms with van der Waals surface area (Å²) in [6.07, 6.45) is 0. The quantitative estimate of drug-likeness (QED) is 0.630. The lowest BCUT2D eigenvalue weighted by molar-refractivity contribution is 0.0534. The highest BCUT2D eigenvalue weighted by Crippen LogP contribution is 2.28. The second-order valence-electron chi connectivity index (χ2n) is 7.97. The molecule has 1 aliphatic heterocycles. The molecule has 32 heavy (non-hydrogen) atoms. The second-order valence-corrected chi connectivity index (χ2v) is 7.97. The molecule has 0 N–H and O–H groups in total. The van der Waals surface area contributed by atoms with E-state index < -0.39 is 0 Å². The predicted molar refractivity (Wildman–Crippen MR) is 123 cm³/mol. The minimum atomic E-state index is -0.0860. The minimum absolute atomic E-state index is 0.0448. The molecule has 3 aromatic rings. The maximum absolute atomic E-state index is 13.2. The molecular weight excluding hydrogens is 406 g/mol. The van der Waals surface area contributed by atoms with Crippen LogP contribution < -0.4 is 9.47 Å². The van der Waals surface area contributed by atoms with Crippen molar-refractivity contribution in [3.05, 3.63) is 64.8 Å². The number of amides is 2. The van der Waals surface area contributed by atoms with Crippen LogP contribution in [0.1, 0.15) is 32.0 Å². The molecule has 0 bridgehead atoms. The molecule has 1 aromatic heterocycles. The fraction of sp³-hybridized carbons (Fsp3) is 0.320. The number of nitrogens with zero attached hydrogens (tertiary/aromatic N) is 3. The van der Waals surface area contributed by atoms with E-state index in [4.69, 9.17) is 9.47 Å². The first-order valence-electron chi connectivity index (χ1n) is 10.6. The van der Waals surface area contributed by atoms with Crippen LogP contribution in [-0.4, -0.2) is 67.0 Å². The van der Waals surface area contributed by atoms with Crippen LogP contribution in [0.2, 0.25) is 0 Å². The van der Waals surface area contributed by atoms with Crippen LogP contribution in [0.3, 0.4) is 0 Å². The molecule has 1 fully saturated rings. The van der Waals surface area contributed by atoms with E-state index in [2.05, 4.69) is 4.98 Å². The number of fused-ring (bicyclic) bond motifs is 1. The van der Waals surface area contributed by atoms with Gasteiger partial charge >= 0.3 is 0 Å². The molecular formula is C25H27N3O4. The van der Waals surface area contributed by atoms with Gasteiger partial charge in [-0.05, 0) is 50.2 Å². The number of hydrogen-bond acceptors (Lipinski definition) is 5. The van der Waals surface area contributed by atoms with Crippen LogP contribution in [0.15, 0.2) is 42.5 Å². The van der Waals surface area contributed by atoms with Gasteiger partial charge in [0.2, 0.25) is 0 Å². The number of aromatic nitrogens is 1. The number of hydrogen-bond donors (Lipinski definition) is 0. The van der Waals surface area contributed by atoms with Gasteiger partial charge in [0.25, 0.3) is 11.8 Å². The largest absolute Gasteiger partial charge is 0.493 e. The highest BCUT2D eigenvalue weighted by atomic mass is 16.5. The molecule has 0 atom stereocenters. The topological polar surface area (TPSA) is 72.0 Å². The zero-order chi connectivity index (χ0) is 22.8. The summed E-state index contributed by atoms with van der Waals surface area (Å²) < 4.78 is 10.5. The molecule has 7 nitrogen and oxygen atoms in total. The maximum Gasteiger partial charge on any atom is 0.255 e. The van der Waals surface area contributed by atoms with Crippen molar-refractivity contribution in [2.75, 3.05) is 40.4 Å². The summed E-state index contributed by atoms with van der Waals surface area (Å²) in [7, 11) is 3.10. The molecule has 4 rings (SSSR count). The fourth-order valence-electron chi connectivity index (χ4n) is 4.04. The highest BCUT2D eigenvalue weighted by Gasteiger charge is 2.27. The summed E-state index contributed by atoms with van der Waals surface area (Å²) in [5.74, 6) is 0.962. The number of carbonyl (C=O) groups excluding carboxylic acids is 2. The Morgan fingerprint density at radius 1 is 0.812 bits per heavy atom. The van der Waals surface area contributed by atoms with Crippen LogP contribution in [0.25, 0.3) is 10.9 Å². The first kappa shape index (κ1) is 21.6. The van der Waals surface area contributed by atoms with E-state index in [1.807, 2.05) is 38.1 Å². The van der Waals surface area contributed by atoms with E-state index in [0.717, 1.165) is 22.2 Å². The normalized spacial score (nSPS) is 13.9. The van der Waals surface area contributed by atoms with Gasteiger partial charge in [-0.1, -0.05) is 11.6 Å². The smallest absolute Gasteiger partial charge is 0.255 e. The van der Waals surface area contributed by atoms with Crippen LogP contribution >= 0.6 is 0 Å². The molecule has 0 unspecified atom stereocenters. The molecule has 2 heterocycles.